The van der Waals surface area contributed by atoms with Crippen LogP contribution in [-0.4, -0.2) is 54.6 Å². The van der Waals surface area contributed by atoms with Crippen molar-refractivity contribution in [2.75, 3.05) is 39.5 Å². The number of aromatic amines is 1. The molecule has 2 heterocycles. The highest BCUT2D eigenvalue weighted by Crippen LogP contribution is 2.26. The Kier molecular flexibility index (Phi) is 5.66. The van der Waals surface area contributed by atoms with Crippen molar-refractivity contribution in [3.05, 3.63) is 11.3 Å². The van der Waals surface area contributed by atoms with Crippen LogP contribution in [-0.2, 0) is 17.6 Å². The summed E-state index contributed by atoms with van der Waals surface area (Å²) in [7, 11) is 0. The van der Waals surface area contributed by atoms with Gasteiger partial charge in [0, 0.05) is 30.9 Å². The van der Waals surface area contributed by atoms with E-state index in [0.717, 1.165) is 58.2 Å². The fourth-order valence-corrected chi connectivity index (χ4v) is 2.67. The number of morpholine rings is 1. The van der Waals surface area contributed by atoms with Gasteiger partial charge in [0.05, 0.1) is 13.2 Å². The van der Waals surface area contributed by atoms with E-state index in [9.17, 15) is 0 Å². The third-order valence-electron chi connectivity index (χ3n) is 3.77. The summed E-state index contributed by atoms with van der Waals surface area (Å²) in [6.07, 6.45) is 4.75. The first kappa shape index (κ1) is 14.8. The van der Waals surface area contributed by atoms with Crippen molar-refractivity contribution in [1.29, 1.82) is 0 Å². The minimum atomic E-state index is 0. The van der Waals surface area contributed by atoms with Gasteiger partial charge in [-0.15, -0.1) is 22.1 Å². The molecule has 6 heteroatoms. The molecule has 1 aromatic rings. The summed E-state index contributed by atoms with van der Waals surface area (Å²) < 4.78 is 11.1. The van der Waals surface area contributed by atoms with Crippen LogP contribution in [0.2, 0.25) is 0 Å². The van der Waals surface area contributed by atoms with Crippen LogP contribution in [0.1, 0.15) is 24.1 Å². The Morgan fingerprint density at radius 1 is 1.21 bits per heavy atom. The van der Waals surface area contributed by atoms with Crippen LogP contribution in [0, 0.1) is 0 Å². The van der Waals surface area contributed by atoms with Gasteiger partial charge in [0.15, 0.2) is 0 Å². The lowest BCUT2D eigenvalue weighted by atomic mass is 9.98. The van der Waals surface area contributed by atoms with Crippen LogP contribution in [0.3, 0.4) is 0 Å². The van der Waals surface area contributed by atoms with Gasteiger partial charge in [-0.05, 0) is 25.7 Å². The SMILES string of the molecule is Br.C1CCc2c(OCCN3CCOCC3)n[nH]c2C1. The Labute approximate surface area is 124 Å². The van der Waals surface area contributed by atoms with Gasteiger partial charge in [-0.1, -0.05) is 0 Å². The number of halogens is 1. The summed E-state index contributed by atoms with van der Waals surface area (Å²) >= 11 is 0. The molecule has 108 valence electrons. The van der Waals surface area contributed by atoms with E-state index in [1.807, 2.05) is 0 Å². The number of hydrogen-bond donors (Lipinski definition) is 1. The topological polar surface area (TPSA) is 50.4 Å². The van der Waals surface area contributed by atoms with Gasteiger partial charge in [0.2, 0.25) is 5.88 Å². The van der Waals surface area contributed by atoms with Crippen LogP contribution in [0.4, 0.5) is 0 Å². The highest BCUT2D eigenvalue weighted by molar-refractivity contribution is 8.93. The summed E-state index contributed by atoms with van der Waals surface area (Å²) in [4.78, 5) is 2.38. The normalized spacial score (nSPS) is 19.6. The third-order valence-corrected chi connectivity index (χ3v) is 3.77. The third kappa shape index (κ3) is 3.70. The van der Waals surface area contributed by atoms with Crippen molar-refractivity contribution in [2.24, 2.45) is 0 Å². The molecule has 0 unspecified atom stereocenters. The Morgan fingerprint density at radius 2 is 2.00 bits per heavy atom. The van der Waals surface area contributed by atoms with Gasteiger partial charge >= 0.3 is 0 Å². The number of ether oxygens (including phenoxy) is 2. The molecular weight excluding hydrogens is 310 g/mol. The number of H-pyrrole nitrogens is 1. The molecule has 1 saturated heterocycles. The van der Waals surface area contributed by atoms with E-state index in [2.05, 4.69) is 15.1 Å². The largest absolute Gasteiger partial charge is 0.475 e. The van der Waals surface area contributed by atoms with E-state index in [-0.39, 0.29) is 17.0 Å². The second-order valence-corrected chi connectivity index (χ2v) is 5.00. The van der Waals surface area contributed by atoms with Gasteiger partial charge < -0.3 is 9.47 Å². The van der Waals surface area contributed by atoms with Crippen molar-refractivity contribution in [1.82, 2.24) is 15.1 Å². The minimum Gasteiger partial charge on any atom is -0.475 e. The molecule has 1 aliphatic carbocycles. The van der Waals surface area contributed by atoms with E-state index < -0.39 is 0 Å². The first-order valence-corrected chi connectivity index (χ1v) is 6.92. The molecule has 0 amide bonds. The van der Waals surface area contributed by atoms with Crippen LogP contribution >= 0.6 is 17.0 Å². The summed E-state index contributed by atoms with van der Waals surface area (Å²) in [5.41, 5.74) is 2.59. The number of aryl methyl sites for hydroxylation is 1. The van der Waals surface area contributed by atoms with Gasteiger partial charge in [0.25, 0.3) is 0 Å². The van der Waals surface area contributed by atoms with Crippen LogP contribution in [0.5, 0.6) is 5.88 Å². The molecule has 0 radical (unpaired) electrons. The average Bonchev–Trinajstić information content (AvgIpc) is 2.84. The lowest BCUT2D eigenvalue weighted by Gasteiger charge is -2.26. The Bertz CT molecular complexity index is 391. The molecule has 3 rings (SSSR count). The van der Waals surface area contributed by atoms with Crippen molar-refractivity contribution >= 4 is 17.0 Å². The van der Waals surface area contributed by atoms with E-state index in [4.69, 9.17) is 9.47 Å². The minimum absolute atomic E-state index is 0. The number of fused-ring (bicyclic) bond motifs is 1. The van der Waals surface area contributed by atoms with E-state index in [1.165, 1.54) is 24.1 Å². The van der Waals surface area contributed by atoms with Crippen LogP contribution < -0.4 is 4.74 Å². The Hall–Kier alpha value is -0.590. The number of rotatable bonds is 4. The molecule has 5 nitrogen and oxygen atoms in total. The highest BCUT2D eigenvalue weighted by Gasteiger charge is 2.18. The molecular formula is C13H22BrN3O2. The predicted octanol–water partition coefficient (Wildman–Crippen LogP) is 1.58. The molecule has 0 aromatic carbocycles. The lowest BCUT2D eigenvalue weighted by molar-refractivity contribution is 0.0319. The zero-order valence-electron chi connectivity index (χ0n) is 11.2. The average molecular weight is 332 g/mol. The molecule has 0 bridgehead atoms. The molecule has 0 saturated carbocycles. The maximum Gasteiger partial charge on any atom is 0.236 e. The van der Waals surface area contributed by atoms with Crippen molar-refractivity contribution in [3.63, 3.8) is 0 Å². The van der Waals surface area contributed by atoms with Crippen LogP contribution in [0.15, 0.2) is 0 Å². The fraction of sp³-hybridized carbons (Fsp3) is 0.769. The molecule has 1 fully saturated rings. The molecule has 19 heavy (non-hydrogen) atoms. The van der Waals surface area contributed by atoms with Gasteiger partial charge in [-0.25, -0.2) is 0 Å². The molecule has 1 aromatic heterocycles. The maximum absolute atomic E-state index is 5.82. The molecule has 1 aliphatic heterocycles. The molecule has 0 atom stereocenters. The van der Waals surface area contributed by atoms with E-state index >= 15 is 0 Å². The number of hydrogen-bond acceptors (Lipinski definition) is 4. The maximum atomic E-state index is 5.82. The summed E-state index contributed by atoms with van der Waals surface area (Å²) in [5, 5.41) is 7.40. The Balaban J connectivity index is 0.00000133. The second kappa shape index (κ2) is 7.26. The zero-order valence-corrected chi connectivity index (χ0v) is 12.9. The zero-order chi connectivity index (χ0) is 12.2. The predicted molar refractivity (Wildman–Crippen MR) is 78.3 cm³/mol. The molecule has 1 N–H and O–H groups in total. The summed E-state index contributed by atoms with van der Waals surface area (Å²) in [5.74, 6) is 0.831. The van der Waals surface area contributed by atoms with Crippen molar-refractivity contribution in [3.8, 4) is 5.88 Å². The smallest absolute Gasteiger partial charge is 0.236 e. The first-order valence-electron chi connectivity index (χ1n) is 6.92. The van der Waals surface area contributed by atoms with Gasteiger partial charge in [0.1, 0.15) is 6.61 Å². The van der Waals surface area contributed by atoms with Crippen LogP contribution in [0.25, 0.3) is 0 Å². The molecule has 2 aliphatic rings. The Morgan fingerprint density at radius 3 is 2.84 bits per heavy atom. The summed E-state index contributed by atoms with van der Waals surface area (Å²) in [6, 6.07) is 0. The molecule has 0 spiro atoms. The number of aromatic nitrogens is 2. The second-order valence-electron chi connectivity index (χ2n) is 5.00. The highest BCUT2D eigenvalue weighted by atomic mass is 79.9. The lowest BCUT2D eigenvalue weighted by Crippen LogP contribution is -2.38. The first-order chi connectivity index (χ1) is 8.93. The van der Waals surface area contributed by atoms with Gasteiger partial charge in [-0.2, -0.15) is 0 Å². The fourth-order valence-electron chi connectivity index (χ4n) is 2.67. The van der Waals surface area contributed by atoms with Crippen molar-refractivity contribution < 1.29 is 9.47 Å². The van der Waals surface area contributed by atoms with Gasteiger partial charge in [-0.3, -0.25) is 10.00 Å². The van der Waals surface area contributed by atoms with E-state index in [0.29, 0.717) is 0 Å². The number of nitrogens with one attached hydrogen (secondary N) is 1. The number of nitrogens with zero attached hydrogens (tertiary/aromatic N) is 2. The quantitative estimate of drug-likeness (QED) is 0.910. The monoisotopic (exact) mass is 331 g/mol. The summed E-state index contributed by atoms with van der Waals surface area (Å²) in [6.45, 7) is 5.40. The van der Waals surface area contributed by atoms with E-state index in [1.54, 1.807) is 0 Å². The van der Waals surface area contributed by atoms with Crippen molar-refractivity contribution in [2.45, 2.75) is 25.7 Å². The standard InChI is InChI=1S/C13H21N3O2.BrH/c1-2-4-12-11(3-1)13(15-14-12)18-10-7-16-5-8-17-9-6-16;/h1-10H2,(H,14,15);1H.